The molecule has 0 fully saturated rings. The smallest absolute Gasteiger partial charge is 0.194 e. The van der Waals surface area contributed by atoms with E-state index in [4.69, 9.17) is 19.2 Å². The monoisotopic (exact) mass is 448 g/mol. The lowest BCUT2D eigenvalue weighted by Gasteiger charge is -2.21. The number of aryl methyl sites for hydroxylation is 1. The van der Waals surface area contributed by atoms with Gasteiger partial charge >= 0.3 is 0 Å². The molecule has 2 aromatic rings. The summed E-state index contributed by atoms with van der Waals surface area (Å²) in [6, 6.07) is 6.11. The normalized spacial score (nSPS) is 12.5. The summed E-state index contributed by atoms with van der Waals surface area (Å²) in [5.74, 6) is 2.45. The highest BCUT2D eigenvalue weighted by atomic mass is 32.1. The van der Waals surface area contributed by atoms with Gasteiger partial charge in [-0.2, -0.15) is 0 Å². The second-order valence-corrected chi connectivity index (χ2v) is 8.06. The van der Waals surface area contributed by atoms with Crippen LogP contribution in [-0.2, 0) is 17.7 Å². The van der Waals surface area contributed by atoms with Gasteiger partial charge in [-0.15, -0.1) is 11.3 Å². The molecule has 0 aliphatic carbocycles. The van der Waals surface area contributed by atoms with E-state index in [2.05, 4.69) is 39.6 Å². The third kappa shape index (κ3) is 7.70. The number of aliphatic imine (C=N–C) groups is 1. The molecule has 0 aliphatic heterocycles. The first kappa shape index (κ1) is 24.9. The maximum Gasteiger partial charge on any atom is 0.194 e. The molecule has 0 amide bonds. The highest BCUT2D eigenvalue weighted by Crippen LogP contribution is 2.28. The van der Waals surface area contributed by atoms with Crippen molar-refractivity contribution in [2.24, 2.45) is 4.99 Å². The number of nitrogens with one attached hydrogen (secondary N) is 1. The fourth-order valence-electron chi connectivity index (χ4n) is 3.08. The third-order valence-electron chi connectivity index (χ3n) is 4.78. The number of nitrogens with zero attached hydrogens (tertiary/aromatic N) is 3. The van der Waals surface area contributed by atoms with Gasteiger partial charge in [0.1, 0.15) is 11.1 Å². The average Bonchev–Trinajstić information content (AvgIpc) is 3.24. The standard InChI is InChI=1S/C23H36N4O3S/c1-7-24-23(27(4)15-19-16-31-22(26-19)17(3)28-5)25-13-9-10-18-11-12-20(29-6)21(14-18)30-8-2/h11-12,14,16-17H,7-10,13,15H2,1-6H3,(H,24,25). The molecule has 1 unspecified atom stereocenters. The predicted octanol–water partition coefficient (Wildman–Crippen LogP) is 4.29. The summed E-state index contributed by atoms with van der Waals surface area (Å²) in [4.78, 5) is 11.6. The van der Waals surface area contributed by atoms with Crippen molar-refractivity contribution in [1.82, 2.24) is 15.2 Å². The first-order valence-electron chi connectivity index (χ1n) is 10.8. The van der Waals surface area contributed by atoms with Crippen LogP contribution in [0.15, 0.2) is 28.6 Å². The molecule has 0 saturated carbocycles. The van der Waals surface area contributed by atoms with E-state index < -0.39 is 0 Å². The second-order valence-electron chi connectivity index (χ2n) is 7.17. The molecule has 0 radical (unpaired) electrons. The number of ether oxygens (including phenoxy) is 3. The van der Waals surface area contributed by atoms with E-state index in [9.17, 15) is 0 Å². The lowest BCUT2D eigenvalue weighted by molar-refractivity contribution is 0.119. The van der Waals surface area contributed by atoms with Crippen molar-refractivity contribution in [1.29, 1.82) is 0 Å². The Balaban J connectivity index is 1.93. The number of aromatic nitrogens is 1. The topological polar surface area (TPSA) is 68.2 Å². The van der Waals surface area contributed by atoms with Gasteiger partial charge in [-0.1, -0.05) is 6.07 Å². The van der Waals surface area contributed by atoms with Crippen LogP contribution < -0.4 is 14.8 Å². The SMILES string of the molecule is CCNC(=NCCCc1ccc(OC)c(OCC)c1)N(C)Cc1csc(C(C)OC)n1. The summed E-state index contributed by atoms with van der Waals surface area (Å²) in [6.45, 7) is 8.95. The zero-order chi connectivity index (χ0) is 22.6. The third-order valence-corrected chi connectivity index (χ3v) is 5.83. The molecule has 0 saturated heterocycles. The molecule has 0 aliphatic rings. The zero-order valence-corrected chi connectivity index (χ0v) is 20.4. The Kier molecular flexibility index (Phi) is 10.6. The molecular formula is C23H36N4O3S. The van der Waals surface area contributed by atoms with Crippen LogP contribution in [0.4, 0.5) is 0 Å². The molecule has 0 spiro atoms. The fraction of sp³-hybridized carbons (Fsp3) is 0.565. The molecule has 2 rings (SSSR count). The Hall–Kier alpha value is -2.32. The van der Waals surface area contributed by atoms with E-state index in [0.29, 0.717) is 13.2 Å². The Morgan fingerprint density at radius 3 is 2.74 bits per heavy atom. The zero-order valence-electron chi connectivity index (χ0n) is 19.6. The largest absolute Gasteiger partial charge is 0.493 e. The maximum atomic E-state index is 5.67. The van der Waals surface area contributed by atoms with Gasteiger partial charge in [-0.05, 0) is 51.3 Å². The highest BCUT2D eigenvalue weighted by molar-refractivity contribution is 7.09. The summed E-state index contributed by atoms with van der Waals surface area (Å²) in [6.07, 6.45) is 1.90. The van der Waals surface area contributed by atoms with Crippen LogP contribution in [0.1, 0.15) is 49.6 Å². The van der Waals surface area contributed by atoms with Crippen LogP contribution in [0.3, 0.4) is 0 Å². The Morgan fingerprint density at radius 1 is 1.26 bits per heavy atom. The van der Waals surface area contributed by atoms with Crippen molar-refractivity contribution in [3.63, 3.8) is 0 Å². The van der Waals surface area contributed by atoms with E-state index in [0.717, 1.165) is 54.1 Å². The minimum atomic E-state index is 0.0205. The van der Waals surface area contributed by atoms with Crippen molar-refractivity contribution in [3.05, 3.63) is 39.8 Å². The average molecular weight is 449 g/mol. The lowest BCUT2D eigenvalue weighted by atomic mass is 10.1. The van der Waals surface area contributed by atoms with Crippen molar-refractivity contribution in [2.45, 2.75) is 46.3 Å². The molecular weight excluding hydrogens is 412 g/mol. The Morgan fingerprint density at radius 2 is 2.06 bits per heavy atom. The quantitative estimate of drug-likeness (QED) is 0.297. The van der Waals surface area contributed by atoms with Gasteiger partial charge in [0.15, 0.2) is 17.5 Å². The van der Waals surface area contributed by atoms with Crippen LogP contribution in [0.2, 0.25) is 0 Å². The molecule has 1 N–H and O–H groups in total. The Labute approximate surface area is 190 Å². The van der Waals surface area contributed by atoms with Gasteiger partial charge in [0.25, 0.3) is 0 Å². The fourth-order valence-corrected chi connectivity index (χ4v) is 3.93. The van der Waals surface area contributed by atoms with Gasteiger partial charge in [0.05, 0.1) is 26.0 Å². The number of hydrogen-bond donors (Lipinski definition) is 1. The first-order chi connectivity index (χ1) is 15.0. The molecule has 1 heterocycles. The summed E-state index contributed by atoms with van der Waals surface area (Å²) in [7, 11) is 5.41. The number of guanidine groups is 1. The van der Waals surface area contributed by atoms with Crippen LogP contribution >= 0.6 is 11.3 Å². The van der Waals surface area contributed by atoms with Gasteiger partial charge in [0.2, 0.25) is 0 Å². The van der Waals surface area contributed by atoms with Crippen LogP contribution in [0, 0.1) is 0 Å². The summed E-state index contributed by atoms with van der Waals surface area (Å²) >= 11 is 1.63. The Bertz CT molecular complexity index is 825. The summed E-state index contributed by atoms with van der Waals surface area (Å²) in [5, 5.41) is 6.46. The van der Waals surface area contributed by atoms with Gasteiger partial charge in [0, 0.05) is 32.6 Å². The number of rotatable bonds is 12. The summed E-state index contributed by atoms with van der Waals surface area (Å²) in [5.41, 5.74) is 2.25. The lowest BCUT2D eigenvalue weighted by Crippen LogP contribution is -2.38. The van der Waals surface area contributed by atoms with Gasteiger partial charge < -0.3 is 24.4 Å². The summed E-state index contributed by atoms with van der Waals surface area (Å²) < 4.78 is 16.4. The van der Waals surface area contributed by atoms with E-state index in [1.807, 2.05) is 27.0 Å². The van der Waals surface area contributed by atoms with E-state index in [1.54, 1.807) is 25.6 Å². The number of hydrogen-bond acceptors (Lipinski definition) is 6. The molecule has 1 aromatic heterocycles. The minimum Gasteiger partial charge on any atom is -0.493 e. The molecule has 31 heavy (non-hydrogen) atoms. The van der Waals surface area contributed by atoms with Crippen LogP contribution in [0.5, 0.6) is 11.5 Å². The molecule has 172 valence electrons. The van der Waals surface area contributed by atoms with Crippen molar-refractivity contribution < 1.29 is 14.2 Å². The molecule has 0 bridgehead atoms. The molecule has 8 heteroatoms. The van der Waals surface area contributed by atoms with Crippen LogP contribution in [-0.4, -0.2) is 56.8 Å². The van der Waals surface area contributed by atoms with Crippen molar-refractivity contribution in [3.8, 4) is 11.5 Å². The molecule has 1 atom stereocenters. The van der Waals surface area contributed by atoms with E-state index in [-0.39, 0.29) is 6.10 Å². The molecule has 1 aromatic carbocycles. The predicted molar refractivity (Wildman–Crippen MR) is 127 cm³/mol. The highest BCUT2D eigenvalue weighted by Gasteiger charge is 2.12. The van der Waals surface area contributed by atoms with Gasteiger partial charge in [-0.3, -0.25) is 4.99 Å². The number of benzene rings is 1. The maximum absolute atomic E-state index is 5.67. The van der Waals surface area contributed by atoms with Crippen molar-refractivity contribution >= 4 is 17.3 Å². The molecule has 7 nitrogen and oxygen atoms in total. The first-order valence-corrected chi connectivity index (χ1v) is 11.7. The van der Waals surface area contributed by atoms with Crippen LogP contribution in [0.25, 0.3) is 0 Å². The second kappa shape index (κ2) is 13.2. The number of thiazole rings is 1. The van der Waals surface area contributed by atoms with Gasteiger partial charge in [-0.25, -0.2) is 4.98 Å². The van der Waals surface area contributed by atoms with Crippen molar-refractivity contribution in [2.75, 3.05) is 41.0 Å². The van der Waals surface area contributed by atoms with E-state index >= 15 is 0 Å². The van der Waals surface area contributed by atoms with E-state index in [1.165, 1.54) is 5.56 Å². The minimum absolute atomic E-state index is 0.0205. The number of methoxy groups -OCH3 is 2.